The van der Waals surface area contributed by atoms with Crippen LogP contribution < -0.4 is 15.9 Å². The summed E-state index contributed by atoms with van der Waals surface area (Å²) in [7, 11) is 0. The fraction of sp³-hybridized carbons (Fsp3) is 0.200. The predicted octanol–water partition coefficient (Wildman–Crippen LogP) is 1.68. The summed E-state index contributed by atoms with van der Waals surface area (Å²) in [6.45, 7) is -1.29. The number of rotatable bonds is 4. The lowest BCUT2D eigenvalue weighted by Crippen LogP contribution is -2.25. The molecule has 0 unspecified atom stereocenters. The van der Waals surface area contributed by atoms with Gasteiger partial charge < -0.3 is 10.5 Å². The fourth-order valence-corrected chi connectivity index (χ4v) is 1.10. The average Bonchev–Trinajstić information content (AvgIpc) is 2.25. The molecule has 0 fully saturated rings. The predicted molar refractivity (Wildman–Crippen MR) is 58.0 cm³/mol. The first-order valence-electron chi connectivity index (χ1n) is 4.64. The molecule has 0 aliphatic heterocycles. The SMILES string of the molecule is CC(=NNC(N)=O)c1cccc(OC(F)F)c1. The molecule has 3 N–H and O–H groups in total. The van der Waals surface area contributed by atoms with Gasteiger partial charge in [-0.15, -0.1) is 0 Å². The lowest BCUT2D eigenvalue weighted by Gasteiger charge is -2.06. The number of hydrazone groups is 1. The molecule has 5 nitrogen and oxygen atoms in total. The number of nitrogens with two attached hydrogens (primary N) is 1. The van der Waals surface area contributed by atoms with E-state index in [9.17, 15) is 13.6 Å². The van der Waals surface area contributed by atoms with Crippen LogP contribution in [0.2, 0.25) is 0 Å². The summed E-state index contributed by atoms with van der Waals surface area (Å²) < 4.78 is 28.2. The summed E-state index contributed by atoms with van der Waals surface area (Å²) >= 11 is 0. The lowest BCUT2D eigenvalue weighted by atomic mass is 10.1. The zero-order valence-corrected chi connectivity index (χ0v) is 8.98. The quantitative estimate of drug-likeness (QED) is 0.623. The van der Waals surface area contributed by atoms with Crippen LogP contribution in [0.15, 0.2) is 29.4 Å². The number of primary amides is 1. The van der Waals surface area contributed by atoms with E-state index in [-0.39, 0.29) is 5.75 Å². The Balaban J connectivity index is 2.83. The number of benzene rings is 1. The van der Waals surface area contributed by atoms with E-state index in [1.165, 1.54) is 18.2 Å². The van der Waals surface area contributed by atoms with Crippen molar-refractivity contribution in [2.75, 3.05) is 0 Å². The highest BCUT2D eigenvalue weighted by Gasteiger charge is 2.05. The minimum atomic E-state index is -2.88. The van der Waals surface area contributed by atoms with Crippen LogP contribution in [-0.4, -0.2) is 18.4 Å². The summed E-state index contributed by atoms with van der Waals surface area (Å²) in [5, 5.41) is 3.66. The number of carbonyl (C=O) groups is 1. The highest BCUT2D eigenvalue weighted by atomic mass is 19.3. The number of urea groups is 1. The Labute approximate surface area is 96.3 Å². The lowest BCUT2D eigenvalue weighted by molar-refractivity contribution is -0.0498. The van der Waals surface area contributed by atoms with Crippen molar-refractivity contribution in [1.82, 2.24) is 5.43 Å². The Bertz CT molecular complexity index is 435. The molecule has 0 radical (unpaired) electrons. The van der Waals surface area contributed by atoms with Crippen molar-refractivity contribution in [2.24, 2.45) is 10.8 Å². The first-order chi connectivity index (χ1) is 7.99. The number of carbonyl (C=O) groups excluding carboxylic acids is 1. The summed E-state index contributed by atoms with van der Waals surface area (Å²) in [6.07, 6.45) is 0. The first kappa shape index (κ1) is 12.9. The van der Waals surface area contributed by atoms with Gasteiger partial charge in [0, 0.05) is 5.56 Å². The van der Waals surface area contributed by atoms with Crippen LogP contribution >= 0.6 is 0 Å². The van der Waals surface area contributed by atoms with Gasteiger partial charge in [-0.2, -0.15) is 13.9 Å². The molecule has 1 aromatic carbocycles. The zero-order chi connectivity index (χ0) is 12.8. The largest absolute Gasteiger partial charge is 0.435 e. The number of alkyl halides is 2. The standard InChI is InChI=1S/C10H11F2N3O2/c1-6(14-15-10(13)16)7-3-2-4-8(5-7)17-9(11)12/h2-5,9H,1H3,(H3,13,15,16). The summed E-state index contributed by atoms with van der Waals surface area (Å²) in [5.41, 5.74) is 7.83. The smallest absolute Gasteiger partial charge is 0.387 e. The second-order valence-corrected chi connectivity index (χ2v) is 3.08. The summed E-state index contributed by atoms with van der Waals surface area (Å²) in [4.78, 5) is 10.4. The molecular formula is C10H11F2N3O2. The Kier molecular flexibility index (Phi) is 4.38. The van der Waals surface area contributed by atoms with Crippen molar-refractivity contribution < 1.29 is 18.3 Å². The molecule has 0 aromatic heterocycles. The maximum atomic E-state index is 12.0. The third-order valence-electron chi connectivity index (χ3n) is 1.81. The number of halogens is 2. The molecule has 0 saturated heterocycles. The van der Waals surface area contributed by atoms with E-state index in [1.807, 2.05) is 5.43 Å². The van der Waals surface area contributed by atoms with E-state index < -0.39 is 12.6 Å². The van der Waals surface area contributed by atoms with Gasteiger partial charge in [0.1, 0.15) is 5.75 Å². The second kappa shape index (κ2) is 5.78. The molecule has 7 heteroatoms. The summed E-state index contributed by atoms with van der Waals surface area (Å²) in [5.74, 6) is 0.0196. The fourth-order valence-electron chi connectivity index (χ4n) is 1.10. The maximum Gasteiger partial charge on any atom is 0.387 e. The molecule has 17 heavy (non-hydrogen) atoms. The van der Waals surface area contributed by atoms with Gasteiger partial charge in [0.2, 0.25) is 0 Å². The van der Waals surface area contributed by atoms with Crippen molar-refractivity contribution in [1.29, 1.82) is 0 Å². The normalized spacial score (nSPS) is 11.4. The van der Waals surface area contributed by atoms with Crippen molar-refractivity contribution in [3.63, 3.8) is 0 Å². The minimum Gasteiger partial charge on any atom is -0.435 e. The van der Waals surface area contributed by atoms with Crippen LogP contribution in [0.25, 0.3) is 0 Å². The van der Waals surface area contributed by atoms with E-state index in [2.05, 4.69) is 9.84 Å². The van der Waals surface area contributed by atoms with Crippen molar-refractivity contribution >= 4 is 11.7 Å². The van der Waals surface area contributed by atoms with E-state index in [1.54, 1.807) is 13.0 Å². The van der Waals surface area contributed by atoms with Crippen molar-refractivity contribution in [2.45, 2.75) is 13.5 Å². The van der Waals surface area contributed by atoms with Gasteiger partial charge >= 0.3 is 12.6 Å². The molecule has 0 aliphatic carbocycles. The molecule has 1 aromatic rings. The van der Waals surface area contributed by atoms with Crippen LogP contribution in [0.1, 0.15) is 12.5 Å². The molecule has 0 saturated carbocycles. The van der Waals surface area contributed by atoms with Crippen molar-refractivity contribution in [3.05, 3.63) is 29.8 Å². The maximum absolute atomic E-state index is 12.0. The number of nitrogens with one attached hydrogen (secondary N) is 1. The Morgan fingerprint density at radius 3 is 2.82 bits per heavy atom. The third-order valence-corrected chi connectivity index (χ3v) is 1.81. The van der Waals surface area contributed by atoms with Gasteiger partial charge in [-0.05, 0) is 19.1 Å². The monoisotopic (exact) mass is 243 g/mol. The van der Waals surface area contributed by atoms with E-state index in [0.29, 0.717) is 11.3 Å². The Morgan fingerprint density at radius 2 is 2.24 bits per heavy atom. The number of ether oxygens (including phenoxy) is 1. The zero-order valence-electron chi connectivity index (χ0n) is 8.98. The number of amides is 2. The summed E-state index contributed by atoms with van der Waals surface area (Å²) in [6, 6.07) is 5.15. The average molecular weight is 243 g/mol. The highest BCUT2D eigenvalue weighted by molar-refractivity contribution is 5.99. The Hall–Kier alpha value is -2.18. The molecule has 2 amide bonds. The van der Waals surface area contributed by atoms with Crippen LogP contribution in [0.3, 0.4) is 0 Å². The van der Waals surface area contributed by atoms with Crippen molar-refractivity contribution in [3.8, 4) is 5.75 Å². The van der Waals surface area contributed by atoms with Crippen LogP contribution in [-0.2, 0) is 0 Å². The molecule has 0 bridgehead atoms. The number of nitrogens with zero attached hydrogens (tertiary/aromatic N) is 1. The van der Waals surface area contributed by atoms with Gasteiger partial charge in [0.25, 0.3) is 0 Å². The number of hydrogen-bond acceptors (Lipinski definition) is 3. The van der Waals surface area contributed by atoms with Gasteiger partial charge in [-0.1, -0.05) is 12.1 Å². The highest BCUT2D eigenvalue weighted by Crippen LogP contribution is 2.16. The van der Waals surface area contributed by atoms with Gasteiger partial charge in [0.05, 0.1) is 5.71 Å². The number of hydrogen-bond donors (Lipinski definition) is 2. The van der Waals surface area contributed by atoms with Crippen LogP contribution in [0, 0.1) is 0 Å². The van der Waals surface area contributed by atoms with Crippen LogP contribution in [0.4, 0.5) is 13.6 Å². The minimum absolute atomic E-state index is 0.0196. The van der Waals surface area contributed by atoms with Gasteiger partial charge in [-0.3, -0.25) is 0 Å². The molecular weight excluding hydrogens is 232 g/mol. The third kappa shape index (κ3) is 4.45. The first-order valence-corrected chi connectivity index (χ1v) is 4.64. The molecule has 1 rings (SSSR count). The van der Waals surface area contributed by atoms with E-state index >= 15 is 0 Å². The topological polar surface area (TPSA) is 76.7 Å². The van der Waals surface area contributed by atoms with E-state index in [4.69, 9.17) is 5.73 Å². The van der Waals surface area contributed by atoms with E-state index in [0.717, 1.165) is 0 Å². The molecule has 0 spiro atoms. The molecule has 0 aliphatic rings. The molecule has 92 valence electrons. The molecule has 0 atom stereocenters. The van der Waals surface area contributed by atoms with Crippen LogP contribution in [0.5, 0.6) is 5.75 Å². The molecule has 0 heterocycles. The van der Waals surface area contributed by atoms with Gasteiger partial charge in [-0.25, -0.2) is 10.2 Å². The second-order valence-electron chi connectivity index (χ2n) is 3.08. The van der Waals surface area contributed by atoms with Gasteiger partial charge in [0.15, 0.2) is 0 Å². The Morgan fingerprint density at radius 1 is 1.53 bits per heavy atom.